The largest absolute Gasteiger partial charge is 0.464 e. The first-order valence-electron chi connectivity index (χ1n) is 9.78. The summed E-state index contributed by atoms with van der Waals surface area (Å²) in [6, 6.07) is 12.5. The summed E-state index contributed by atoms with van der Waals surface area (Å²) in [6.45, 7) is 3.58. The fourth-order valence-corrected chi connectivity index (χ4v) is 5.28. The third-order valence-electron chi connectivity index (χ3n) is 5.73. The van der Waals surface area contributed by atoms with Gasteiger partial charge in [0.2, 0.25) is 0 Å². The highest BCUT2D eigenvalue weighted by atomic mass is 32.2. The van der Waals surface area contributed by atoms with E-state index in [1.807, 2.05) is 12.1 Å². The third-order valence-corrected chi connectivity index (χ3v) is 8.10. The average Bonchev–Trinajstić information content (AvgIpc) is 3.16. The lowest BCUT2D eigenvalue weighted by Gasteiger charge is -2.28. The van der Waals surface area contributed by atoms with E-state index in [9.17, 15) is 8.42 Å². The molecule has 4 heteroatoms. The van der Waals surface area contributed by atoms with E-state index in [0.717, 1.165) is 49.3 Å². The lowest BCUT2D eigenvalue weighted by Crippen LogP contribution is -2.26. The van der Waals surface area contributed by atoms with Gasteiger partial charge in [-0.15, -0.1) is 0 Å². The van der Waals surface area contributed by atoms with Crippen LogP contribution in [0.3, 0.4) is 0 Å². The van der Waals surface area contributed by atoms with Crippen molar-refractivity contribution in [2.75, 3.05) is 5.75 Å². The maximum atomic E-state index is 12.1. The summed E-state index contributed by atoms with van der Waals surface area (Å²) in [5.74, 6) is 2.38. The van der Waals surface area contributed by atoms with Gasteiger partial charge in [0, 0.05) is 5.56 Å². The van der Waals surface area contributed by atoms with Crippen molar-refractivity contribution in [3.8, 4) is 11.3 Å². The van der Waals surface area contributed by atoms with E-state index in [2.05, 4.69) is 24.3 Å². The van der Waals surface area contributed by atoms with Gasteiger partial charge in [-0.2, -0.15) is 0 Å². The highest BCUT2D eigenvalue weighted by Gasteiger charge is 2.27. The Balaban J connectivity index is 1.48. The summed E-state index contributed by atoms with van der Waals surface area (Å²) in [6.07, 6.45) is 8.41. The first-order valence-corrected chi connectivity index (χ1v) is 11.5. The molecule has 2 aromatic rings. The van der Waals surface area contributed by atoms with Crippen molar-refractivity contribution in [3.05, 3.63) is 48.2 Å². The first-order chi connectivity index (χ1) is 12.4. The van der Waals surface area contributed by atoms with Crippen molar-refractivity contribution < 1.29 is 12.8 Å². The molecule has 1 saturated carbocycles. The summed E-state index contributed by atoms with van der Waals surface area (Å²) in [4.78, 5) is 0. The normalized spacial score (nSPS) is 21.2. The molecule has 0 spiro atoms. The topological polar surface area (TPSA) is 47.3 Å². The molecule has 0 unspecified atom stereocenters. The van der Waals surface area contributed by atoms with Crippen LogP contribution in [-0.2, 0) is 16.3 Å². The predicted octanol–water partition coefficient (Wildman–Crippen LogP) is 5.51. The highest BCUT2D eigenvalue weighted by molar-refractivity contribution is 7.91. The van der Waals surface area contributed by atoms with Crippen LogP contribution in [-0.4, -0.2) is 19.4 Å². The Morgan fingerprint density at radius 1 is 1.04 bits per heavy atom. The van der Waals surface area contributed by atoms with Crippen molar-refractivity contribution in [2.24, 2.45) is 11.8 Å². The van der Waals surface area contributed by atoms with E-state index in [4.69, 9.17) is 4.42 Å². The second-order valence-electron chi connectivity index (χ2n) is 7.98. The van der Waals surface area contributed by atoms with Gasteiger partial charge in [-0.3, -0.25) is 0 Å². The van der Waals surface area contributed by atoms with Crippen molar-refractivity contribution in [3.63, 3.8) is 0 Å². The van der Waals surface area contributed by atoms with Crippen molar-refractivity contribution >= 4 is 9.84 Å². The fraction of sp³-hybridized carbons (Fsp3) is 0.545. The molecule has 1 aliphatic rings. The van der Waals surface area contributed by atoms with Crippen LogP contribution in [0.15, 0.2) is 47.1 Å². The molecule has 0 atom stereocenters. The van der Waals surface area contributed by atoms with Gasteiger partial charge in [0.1, 0.15) is 5.76 Å². The molecule has 0 N–H and O–H groups in total. The monoisotopic (exact) mass is 374 g/mol. The Bertz CT molecular complexity index is 783. The molecule has 1 aromatic heterocycles. The average molecular weight is 375 g/mol. The number of rotatable bonds is 7. The smallest absolute Gasteiger partial charge is 0.152 e. The summed E-state index contributed by atoms with van der Waals surface area (Å²) in [5.41, 5.74) is 2.48. The number of benzene rings is 1. The Kier molecular flexibility index (Phi) is 6.23. The molecule has 0 saturated heterocycles. The van der Waals surface area contributed by atoms with Gasteiger partial charge >= 0.3 is 0 Å². The zero-order chi connectivity index (χ0) is 18.6. The molecule has 0 aliphatic heterocycles. The van der Waals surface area contributed by atoms with Crippen molar-refractivity contribution in [2.45, 2.75) is 57.6 Å². The van der Waals surface area contributed by atoms with Crippen molar-refractivity contribution in [1.29, 1.82) is 0 Å². The Hall–Kier alpha value is -1.55. The van der Waals surface area contributed by atoms with Gasteiger partial charge in [0.25, 0.3) is 0 Å². The van der Waals surface area contributed by atoms with Gasteiger partial charge in [0.05, 0.1) is 17.3 Å². The minimum atomic E-state index is -2.91. The van der Waals surface area contributed by atoms with Gasteiger partial charge in [0.15, 0.2) is 9.84 Å². The Morgan fingerprint density at radius 3 is 2.42 bits per heavy atom. The summed E-state index contributed by atoms with van der Waals surface area (Å²) in [5, 5.41) is -0.248. The Labute approximate surface area is 157 Å². The SMILES string of the molecule is CC(C)S(=O)(=O)CC1CCC(CCc2cccc(-c3ccco3)c2)CC1. The Morgan fingerprint density at radius 2 is 1.77 bits per heavy atom. The van der Waals surface area contributed by atoms with E-state index in [1.165, 1.54) is 12.0 Å². The second-order valence-corrected chi connectivity index (χ2v) is 10.6. The van der Waals surface area contributed by atoms with Crippen LogP contribution in [0, 0.1) is 11.8 Å². The third kappa shape index (κ3) is 5.00. The van der Waals surface area contributed by atoms with Crippen molar-refractivity contribution in [1.82, 2.24) is 0 Å². The van der Waals surface area contributed by atoms with E-state index in [0.29, 0.717) is 11.7 Å². The summed E-state index contributed by atoms with van der Waals surface area (Å²) in [7, 11) is -2.91. The number of sulfone groups is 1. The van der Waals surface area contributed by atoms with Crippen LogP contribution in [0.5, 0.6) is 0 Å². The van der Waals surface area contributed by atoms with E-state index < -0.39 is 9.84 Å². The van der Waals surface area contributed by atoms with Crippen LogP contribution in [0.2, 0.25) is 0 Å². The number of hydrogen-bond donors (Lipinski definition) is 0. The molecule has 0 amide bonds. The van der Waals surface area contributed by atoms with Gasteiger partial charge in [-0.1, -0.05) is 31.0 Å². The van der Waals surface area contributed by atoms with Crippen LogP contribution in [0.1, 0.15) is 51.5 Å². The molecule has 1 aromatic carbocycles. The molecule has 26 heavy (non-hydrogen) atoms. The summed E-state index contributed by atoms with van der Waals surface area (Å²) < 4.78 is 29.7. The van der Waals surface area contributed by atoms with E-state index in [1.54, 1.807) is 20.1 Å². The molecule has 3 rings (SSSR count). The standard InChI is InChI=1S/C22H30O3S/c1-17(2)26(23,24)16-20-12-9-18(10-13-20)8-11-19-5-3-6-21(15-19)22-7-4-14-25-22/h3-7,14-15,17-18,20H,8-13,16H2,1-2H3. The number of aryl methyl sites for hydroxylation is 1. The van der Waals surface area contributed by atoms with Gasteiger partial charge in [-0.05, 0) is 75.1 Å². The lowest BCUT2D eigenvalue weighted by atomic mass is 9.80. The highest BCUT2D eigenvalue weighted by Crippen LogP contribution is 2.33. The van der Waals surface area contributed by atoms with E-state index in [-0.39, 0.29) is 5.25 Å². The number of furan rings is 1. The quantitative estimate of drug-likeness (QED) is 0.642. The van der Waals surface area contributed by atoms with Crippen LogP contribution < -0.4 is 0 Å². The molecule has 0 bridgehead atoms. The van der Waals surface area contributed by atoms with Crippen LogP contribution >= 0.6 is 0 Å². The van der Waals surface area contributed by atoms with E-state index >= 15 is 0 Å². The van der Waals surface area contributed by atoms with Crippen LogP contribution in [0.25, 0.3) is 11.3 Å². The number of hydrogen-bond acceptors (Lipinski definition) is 3. The van der Waals surface area contributed by atoms with Crippen LogP contribution in [0.4, 0.5) is 0 Å². The van der Waals surface area contributed by atoms with Gasteiger partial charge in [-0.25, -0.2) is 8.42 Å². The maximum Gasteiger partial charge on any atom is 0.152 e. The fourth-order valence-electron chi connectivity index (χ4n) is 3.90. The zero-order valence-electron chi connectivity index (χ0n) is 15.9. The minimum absolute atomic E-state index is 0.248. The molecule has 1 fully saturated rings. The predicted molar refractivity (Wildman–Crippen MR) is 107 cm³/mol. The zero-order valence-corrected chi connectivity index (χ0v) is 16.7. The van der Waals surface area contributed by atoms with Gasteiger partial charge < -0.3 is 4.42 Å². The minimum Gasteiger partial charge on any atom is -0.464 e. The molecule has 0 radical (unpaired) electrons. The molecule has 3 nitrogen and oxygen atoms in total. The molecular weight excluding hydrogens is 344 g/mol. The first kappa shape index (κ1) is 19.2. The summed E-state index contributed by atoms with van der Waals surface area (Å²) >= 11 is 0. The maximum absolute atomic E-state index is 12.1. The molecule has 1 heterocycles. The molecular formula is C22H30O3S. The lowest BCUT2D eigenvalue weighted by molar-refractivity contribution is 0.278. The second kappa shape index (κ2) is 8.43. The molecule has 142 valence electrons. The molecule has 1 aliphatic carbocycles.